The maximum Gasteiger partial charge on any atom is 0.0401 e. The molecule has 1 heterocycles. The van der Waals surface area contributed by atoms with Gasteiger partial charge in [0.1, 0.15) is 0 Å². The van der Waals surface area contributed by atoms with Crippen LogP contribution in [0.3, 0.4) is 0 Å². The van der Waals surface area contributed by atoms with Gasteiger partial charge in [-0.25, -0.2) is 0 Å². The molecule has 0 aromatic heterocycles. The summed E-state index contributed by atoms with van der Waals surface area (Å²) in [7, 11) is 0. The van der Waals surface area contributed by atoms with Crippen LogP contribution in [0.2, 0.25) is 0 Å². The van der Waals surface area contributed by atoms with Gasteiger partial charge in [-0.05, 0) is 63.6 Å². The van der Waals surface area contributed by atoms with E-state index < -0.39 is 0 Å². The lowest BCUT2D eigenvalue weighted by atomic mass is 10.1. The van der Waals surface area contributed by atoms with E-state index in [0.29, 0.717) is 6.04 Å². The van der Waals surface area contributed by atoms with E-state index in [1.54, 1.807) is 5.56 Å². The van der Waals surface area contributed by atoms with Gasteiger partial charge in [0.25, 0.3) is 0 Å². The van der Waals surface area contributed by atoms with Gasteiger partial charge in [-0.2, -0.15) is 0 Å². The Bertz CT molecular complexity index is 411. The normalized spacial score (nSPS) is 20.8. The van der Waals surface area contributed by atoms with Crippen LogP contribution in [0.15, 0.2) is 24.3 Å². The topological polar surface area (TPSA) is 15.3 Å². The van der Waals surface area contributed by atoms with Crippen LogP contribution in [0.1, 0.15) is 44.6 Å². The number of para-hydroxylation sites is 1. The molecule has 104 valence electrons. The highest BCUT2D eigenvalue weighted by atomic mass is 15.2. The van der Waals surface area contributed by atoms with Crippen molar-refractivity contribution < 1.29 is 0 Å². The highest BCUT2D eigenvalue weighted by Crippen LogP contribution is 2.28. The summed E-state index contributed by atoms with van der Waals surface area (Å²) >= 11 is 0. The molecule has 2 heteroatoms. The molecule has 1 aliphatic heterocycles. The van der Waals surface area contributed by atoms with E-state index in [2.05, 4.69) is 41.4 Å². The molecule has 0 bridgehead atoms. The van der Waals surface area contributed by atoms with Gasteiger partial charge in [-0.15, -0.1) is 0 Å². The molecule has 0 saturated heterocycles. The van der Waals surface area contributed by atoms with Crippen molar-refractivity contribution in [2.24, 2.45) is 0 Å². The van der Waals surface area contributed by atoms with E-state index >= 15 is 0 Å². The van der Waals surface area contributed by atoms with Gasteiger partial charge in [0.2, 0.25) is 0 Å². The van der Waals surface area contributed by atoms with Gasteiger partial charge >= 0.3 is 0 Å². The van der Waals surface area contributed by atoms with E-state index in [1.165, 1.54) is 57.3 Å². The fraction of sp³-hybridized carbons (Fsp3) is 0.647. The number of benzene rings is 1. The summed E-state index contributed by atoms with van der Waals surface area (Å²) < 4.78 is 0. The first-order chi connectivity index (χ1) is 9.34. The van der Waals surface area contributed by atoms with Gasteiger partial charge in [-0.1, -0.05) is 18.2 Å². The van der Waals surface area contributed by atoms with Crippen molar-refractivity contribution in [1.29, 1.82) is 0 Å². The monoisotopic (exact) mass is 258 g/mol. The second kappa shape index (κ2) is 5.96. The van der Waals surface area contributed by atoms with Crippen LogP contribution in [0.5, 0.6) is 0 Å². The Hall–Kier alpha value is -1.02. The molecule has 1 saturated carbocycles. The van der Waals surface area contributed by atoms with Crippen molar-refractivity contribution in [3.05, 3.63) is 29.8 Å². The summed E-state index contributed by atoms with van der Waals surface area (Å²) in [6, 6.07) is 10.5. The second-order valence-corrected chi connectivity index (χ2v) is 6.15. The molecule has 2 nitrogen and oxygen atoms in total. The molecule has 0 radical (unpaired) electrons. The largest absolute Gasteiger partial charge is 0.369 e. The fourth-order valence-corrected chi connectivity index (χ4v) is 3.12. The number of nitrogens with one attached hydrogen (secondary N) is 1. The van der Waals surface area contributed by atoms with E-state index in [9.17, 15) is 0 Å². The van der Waals surface area contributed by atoms with Crippen LogP contribution < -0.4 is 10.2 Å². The predicted molar refractivity (Wildman–Crippen MR) is 81.8 cm³/mol. The summed E-state index contributed by atoms with van der Waals surface area (Å²) in [6.45, 7) is 4.78. The molecule has 1 N–H and O–H groups in total. The highest BCUT2D eigenvalue weighted by Gasteiger charge is 2.22. The Labute approximate surface area is 117 Å². The van der Waals surface area contributed by atoms with Gasteiger partial charge in [0.15, 0.2) is 0 Å². The van der Waals surface area contributed by atoms with Crippen LogP contribution >= 0.6 is 0 Å². The summed E-state index contributed by atoms with van der Waals surface area (Å²) in [4.78, 5) is 2.64. The van der Waals surface area contributed by atoms with E-state index in [4.69, 9.17) is 0 Å². The molecule has 19 heavy (non-hydrogen) atoms. The van der Waals surface area contributed by atoms with E-state index in [0.717, 1.165) is 6.04 Å². The van der Waals surface area contributed by atoms with Gasteiger partial charge in [0, 0.05) is 24.3 Å². The van der Waals surface area contributed by atoms with Crippen molar-refractivity contribution >= 4 is 5.69 Å². The Morgan fingerprint density at radius 1 is 1.26 bits per heavy atom. The first-order valence-electron chi connectivity index (χ1n) is 7.92. The second-order valence-electron chi connectivity index (χ2n) is 6.15. The number of hydrogen-bond donors (Lipinski definition) is 1. The third-order valence-electron chi connectivity index (χ3n) is 4.50. The lowest BCUT2D eigenvalue weighted by Gasteiger charge is -2.31. The minimum absolute atomic E-state index is 0.644. The van der Waals surface area contributed by atoms with Crippen molar-refractivity contribution in [3.8, 4) is 0 Å². The summed E-state index contributed by atoms with van der Waals surface area (Å²) in [5, 5.41) is 3.64. The number of aryl methyl sites for hydroxylation is 1. The summed E-state index contributed by atoms with van der Waals surface area (Å²) in [5.74, 6) is 0. The van der Waals surface area contributed by atoms with Crippen LogP contribution in [0, 0.1) is 0 Å². The molecule has 0 spiro atoms. The van der Waals surface area contributed by atoms with Crippen molar-refractivity contribution in [2.45, 2.75) is 57.5 Å². The Balaban J connectivity index is 1.64. The minimum Gasteiger partial charge on any atom is -0.369 e. The predicted octanol–water partition coefficient (Wildman–Crippen LogP) is 3.36. The zero-order valence-electron chi connectivity index (χ0n) is 12.1. The van der Waals surface area contributed by atoms with Gasteiger partial charge in [0.05, 0.1) is 0 Å². The average Bonchev–Trinajstić information content (AvgIpc) is 3.24. The van der Waals surface area contributed by atoms with Crippen LogP contribution in [-0.4, -0.2) is 25.2 Å². The zero-order chi connectivity index (χ0) is 13.1. The van der Waals surface area contributed by atoms with Crippen molar-refractivity contribution in [2.75, 3.05) is 18.0 Å². The molecule has 2 aliphatic rings. The number of rotatable bonds is 5. The van der Waals surface area contributed by atoms with E-state index in [1.807, 2.05) is 0 Å². The standard InChI is InChI=1S/C17H26N2/c1-14(11-12-18-16-9-10-16)19-13-5-4-7-15-6-2-3-8-17(15)19/h2-3,6,8,14,16,18H,4-5,7,9-13H2,1H3. The Morgan fingerprint density at radius 2 is 2.11 bits per heavy atom. The van der Waals surface area contributed by atoms with E-state index in [-0.39, 0.29) is 0 Å². The molecule has 1 atom stereocenters. The molecule has 3 rings (SSSR count). The van der Waals surface area contributed by atoms with Crippen LogP contribution in [0.4, 0.5) is 5.69 Å². The number of fused-ring (bicyclic) bond motifs is 1. The number of nitrogens with zero attached hydrogens (tertiary/aromatic N) is 1. The molecule has 1 fully saturated rings. The third-order valence-corrected chi connectivity index (χ3v) is 4.50. The van der Waals surface area contributed by atoms with Crippen LogP contribution in [-0.2, 0) is 6.42 Å². The Kier molecular flexibility index (Phi) is 4.07. The molecule has 1 aliphatic carbocycles. The van der Waals surface area contributed by atoms with Crippen molar-refractivity contribution in [1.82, 2.24) is 5.32 Å². The van der Waals surface area contributed by atoms with Gasteiger partial charge < -0.3 is 10.2 Å². The molecule has 1 aromatic rings. The lowest BCUT2D eigenvalue weighted by molar-refractivity contribution is 0.541. The first-order valence-corrected chi connectivity index (χ1v) is 7.92. The van der Waals surface area contributed by atoms with Crippen molar-refractivity contribution in [3.63, 3.8) is 0 Å². The van der Waals surface area contributed by atoms with Crippen LogP contribution in [0.25, 0.3) is 0 Å². The molecular weight excluding hydrogens is 232 g/mol. The SMILES string of the molecule is CC(CCNC1CC1)N1CCCCc2ccccc21. The quantitative estimate of drug-likeness (QED) is 0.871. The molecule has 1 unspecified atom stereocenters. The first kappa shape index (κ1) is 13.0. The lowest BCUT2D eigenvalue weighted by Crippen LogP contribution is -2.36. The fourth-order valence-electron chi connectivity index (χ4n) is 3.12. The molecular formula is C17H26N2. The van der Waals surface area contributed by atoms with Gasteiger partial charge in [-0.3, -0.25) is 0 Å². The summed E-state index contributed by atoms with van der Waals surface area (Å²) in [6.07, 6.45) is 7.95. The maximum atomic E-state index is 3.64. The number of anilines is 1. The maximum absolute atomic E-state index is 3.64. The average molecular weight is 258 g/mol. The molecule has 1 aromatic carbocycles. The summed E-state index contributed by atoms with van der Waals surface area (Å²) in [5.41, 5.74) is 3.03. The zero-order valence-corrected chi connectivity index (χ0v) is 12.1. The number of hydrogen-bond acceptors (Lipinski definition) is 2. The third kappa shape index (κ3) is 3.30. The molecule has 0 amide bonds. The highest BCUT2D eigenvalue weighted by molar-refractivity contribution is 5.55. The Morgan fingerprint density at radius 3 is 2.95 bits per heavy atom. The smallest absolute Gasteiger partial charge is 0.0401 e. The minimum atomic E-state index is 0.644.